The Morgan fingerprint density at radius 2 is 2.16 bits per heavy atom. The van der Waals surface area contributed by atoms with Gasteiger partial charge in [-0.1, -0.05) is 22.9 Å². The first-order valence-corrected chi connectivity index (χ1v) is 7.70. The van der Waals surface area contributed by atoms with E-state index < -0.39 is 0 Å². The topological polar surface area (TPSA) is 30.5 Å². The molecule has 0 radical (unpaired) electrons. The van der Waals surface area contributed by atoms with E-state index in [4.69, 9.17) is 9.47 Å². The van der Waals surface area contributed by atoms with Crippen molar-refractivity contribution in [1.82, 2.24) is 5.32 Å². The van der Waals surface area contributed by atoms with Crippen LogP contribution in [0.1, 0.15) is 19.8 Å². The molecule has 1 aliphatic rings. The first-order valence-electron chi connectivity index (χ1n) is 6.91. The van der Waals surface area contributed by atoms with Gasteiger partial charge < -0.3 is 14.8 Å². The minimum atomic E-state index is 0.255. The third-order valence-electron chi connectivity index (χ3n) is 3.65. The van der Waals surface area contributed by atoms with Gasteiger partial charge in [-0.15, -0.1) is 0 Å². The van der Waals surface area contributed by atoms with Gasteiger partial charge in [0.05, 0.1) is 13.2 Å². The third-order valence-corrected chi connectivity index (χ3v) is 4.18. The lowest BCUT2D eigenvalue weighted by molar-refractivity contribution is 0.129. The van der Waals surface area contributed by atoms with E-state index in [1.807, 2.05) is 24.3 Å². The molecule has 1 heterocycles. The average molecular weight is 328 g/mol. The molecule has 0 saturated carbocycles. The molecule has 1 saturated heterocycles. The predicted octanol–water partition coefficient (Wildman–Crippen LogP) is 3.23. The fourth-order valence-corrected chi connectivity index (χ4v) is 2.65. The molecule has 0 aromatic heterocycles. The Morgan fingerprint density at radius 1 is 1.37 bits per heavy atom. The van der Waals surface area contributed by atoms with Crippen LogP contribution in [0.4, 0.5) is 0 Å². The minimum Gasteiger partial charge on any atom is -0.494 e. The van der Waals surface area contributed by atoms with Crippen LogP contribution in [0.3, 0.4) is 0 Å². The molecular formula is C15H22BrNO2. The van der Waals surface area contributed by atoms with E-state index in [1.165, 1.54) is 0 Å². The first-order chi connectivity index (χ1) is 9.24. The SMILES string of the molecule is CCNCC1(CCOc2ccc(Br)cc2)CCOC1. The molecule has 0 aliphatic carbocycles. The van der Waals surface area contributed by atoms with E-state index in [1.54, 1.807) is 0 Å². The molecule has 0 spiro atoms. The smallest absolute Gasteiger partial charge is 0.119 e. The highest BCUT2D eigenvalue weighted by Crippen LogP contribution is 2.32. The van der Waals surface area contributed by atoms with Crippen LogP contribution in [0.2, 0.25) is 0 Å². The van der Waals surface area contributed by atoms with Crippen molar-refractivity contribution in [3.05, 3.63) is 28.7 Å². The van der Waals surface area contributed by atoms with E-state index in [-0.39, 0.29) is 5.41 Å². The Morgan fingerprint density at radius 3 is 2.79 bits per heavy atom. The Balaban J connectivity index is 1.80. The second kappa shape index (κ2) is 7.27. The van der Waals surface area contributed by atoms with Crippen molar-refractivity contribution in [2.24, 2.45) is 5.41 Å². The zero-order chi connectivity index (χ0) is 13.6. The zero-order valence-corrected chi connectivity index (χ0v) is 13.0. The van der Waals surface area contributed by atoms with Gasteiger partial charge in [-0.2, -0.15) is 0 Å². The normalized spacial score (nSPS) is 22.6. The van der Waals surface area contributed by atoms with E-state index >= 15 is 0 Å². The number of ether oxygens (including phenoxy) is 2. The fraction of sp³-hybridized carbons (Fsp3) is 0.600. The average Bonchev–Trinajstić information content (AvgIpc) is 2.88. The molecule has 4 heteroatoms. The van der Waals surface area contributed by atoms with E-state index in [9.17, 15) is 0 Å². The summed E-state index contributed by atoms with van der Waals surface area (Å²) in [7, 11) is 0. The summed E-state index contributed by atoms with van der Waals surface area (Å²) >= 11 is 3.42. The van der Waals surface area contributed by atoms with Crippen molar-refractivity contribution < 1.29 is 9.47 Å². The summed E-state index contributed by atoms with van der Waals surface area (Å²) in [5.41, 5.74) is 0.255. The van der Waals surface area contributed by atoms with Gasteiger partial charge in [-0.05, 0) is 43.7 Å². The molecular weight excluding hydrogens is 306 g/mol. The largest absolute Gasteiger partial charge is 0.494 e. The van der Waals surface area contributed by atoms with Gasteiger partial charge in [0, 0.05) is 23.0 Å². The molecule has 1 aromatic rings. The molecule has 3 nitrogen and oxygen atoms in total. The molecule has 0 bridgehead atoms. The number of hydrogen-bond acceptors (Lipinski definition) is 3. The molecule has 1 aromatic carbocycles. The van der Waals surface area contributed by atoms with Crippen LogP contribution in [-0.2, 0) is 4.74 Å². The molecule has 1 unspecified atom stereocenters. The number of benzene rings is 1. The van der Waals surface area contributed by atoms with Crippen LogP contribution in [0.5, 0.6) is 5.75 Å². The van der Waals surface area contributed by atoms with Crippen LogP contribution < -0.4 is 10.1 Å². The molecule has 0 amide bonds. The highest BCUT2D eigenvalue weighted by molar-refractivity contribution is 9.10. The van der Waals surface area contributed by atoms with Gasteiger partial charge in [-0.3, -0.25) is 0 Å². The summed E-state index contributed by atoms with van der Waals surface area (Å²) in [6, 6.07) is 7.99. The summed E-state index contributed by atoms with van der Waals surface area (Å²) in [5.74, 6) is 0.931. The number of hydrogen-bond donors (Lipinski definition) is 1. The summed E-state index contributed by atoms with van der Waals surface area (Å²) in [6.07, 6.45) is 2.17. The standard InChI is InChI=1S/C15H22BrNO2/c1-2-17-11-15(7-9-18-12-15)8-10-19-14-5-3-13(16)4-6-14/h3-6,17H,2,7-12H2,1H3. The van der Waals surface area contributed by atoms with Gasteiger partial charge in [0.15, 0.2) is 0 Å². The van der Waals surface area contributed by atoms with Crippen molar-refractivity contribution >= 4 is 15.9 Å². The maximum atomic E-state index is 5.82. The van der Waals surface area contributed by atoms with Crippen LogP contribution in [0.15, 0.2) is 28.7 Å². The second-order valence-electron chi connectivity index (χ2n) is 5.14. The Labute approximate surface area is 123 Å². The lowest BCUT2D eigenvalue weighted by Crippen LogP contribution is -2.36. The molecule has 1 aliphatic heterocycles. The molecule has 2 rings (SSSR count). The Hall–Kier alpha value is -0.580. The quantitative estimate of drug-likeness (QED) is 0.834. The molecule has 1 atom stereocenters. The van der Waals surface area contributed by atoms with Crippen molar-refractivity contribution in [2.45, 2.75) is 19.8 Å². The van der Waals surface area contributed by atoms with Gasteiger partial charge in [0.2, 0.25) is 0 Å². The molecule has 1 N–H and O–H groups in total. The summed E-state index contributed by atoms with van der Waals surface area (Å²) in [4.78, 5) is 0. The highest BCUT2D eigenvalue weighted by atomic mass is 79.9. The highest BCUT2D eigenvalue weighted by Gasteiger charge is 2.34. The predicted molar refractivity (Wildman–Crippen MR) is 80.7 cm³/mol. The zero-order valence-electron chi connectivity index (χ0n) is 11.5. The molecule has 19 heavy (non-hydrogen) atoms. The maximum absolute atomic E-state index is 5.82. The summed E-state index contributed by atoms with van der Waals surface area (Å²) in [5, 5.41) is 3.45. The van der Waals surface area contributed by atoms with E-state index in [2.05, 4.69) is 28.2 Å². The van der Waals surface area contributed by atoms with Crippen LogP contribution in [0.25, 0.3) is 0 Å². The maximum Gasteiger partial charge on any atom is 0.119 e. The minimum absolute atomic E-state index is 0.255. The van der Waals surface area contributed by atoms with Crippen molar-refractivity contribution in [2.75, 3.05) is 32.9 Å². The Kier molecular flexibility index (Phi) is 5.67. The third kappa shape index (κ3) is 4.48. The number of rotatable bonds is 7. The lowest BCUT2D eigenvalue weighted by atomic mass is 9.84. The summed E-state index contributed by atoms with van der Waals surface area (Å²) < 4.78 is 12.5. The van der Waals surface area contributed by atoms with Crippen LogP contribution in [0, 0.1) is 5.41 Å². The number of halogens is 1. The monoisotopic (exact) mass is 327 g/mol. The molecule has 1 fully saturated rings. The summed E-state index contributed by atoms with van der Waals surface area (Å²) in [6.45, 7) is 6.65. The van der Waals surface area contributed by atoms with Gasteiger partial charge in [0.25, 0.3) is 0 Å². The van der Waals surface area contributed by atoms with Crippen LogP contribution >= 0.6 is 15.9 Å². The van der Waals surface area contributed by atoms with Gasteiger partial charge in [0.1, 0.15) is 5.75 Å². The van der Waals surface area contributed by atoms with Crippen molar-refractivity contribution in [3.8, 4) is 5.75 Å². The van der Waals surface area contributed by atoms with E-state index in [0.717, 1.165) is 56.0 Å². The van der Waals surface area contributed by atoms with Crippen molar-refractivity contribution in [3.63, 3.8) is 0 Å². The molecule has 106 valence electrons. The van der Waals surface area contributed by atoms with Crippen molar-refractivity contribution in [1.29, 1.82) is 0 Å². The second-order valence-corrected chi connectivity index (χ2v) is 6.05. The number of nitrogens with one attached hydrogen (secondary N) is 1. The Bertz CT molecular complexity index is 374. The first kappa shape index (κ1) is 14.8. The van der Waals surface area contributed by atoms with Crippen LogP contribution in [-0.4, -0.2) is 32.9 Å². The van der Waals surface area contributed by atoms with E-state index in [0.29, 0.717) is 0 Å². The fourth-order valence-electron chi connectivity index (χ4n) is 2.38. The van der Waals surface area contributed by atoms with Gasteiger partial charge >= 0.3 is 0 Å². The van der Waals surface area contributed by atoms with Gasteiger partial charge in [-0.25, -0.2) is 0 Å². The lowest BCUT2D eigenvalue weighted by Gasteiger charge is -2.27.